The van der Waals surface area contributed by atoms with Gasteiger partial charge in [-0.1, -0.05) is 0 Å². The van der Waals surface area contributed by atoms with Gasteiger partial charge < -0.3 is 14.9 Å². The Balaban J connectivity index is 0. The zero-order valence-electron chi connectivity index (χ0n) is 9.69. The Morgan fingerprint density at radius 2 is 1.59 bits per heavy atom. The van der Waals surface area contributed by atoms with Gasteiger partial charge in [0.2, 0.25) is 0 Å². The van der Waals surface area contributed by atoms with Crippen LogP contribution in [0.15, 0.2) is 11.1 Å². The molecule has 0 fully saturated rings. The number of aliphatic carboxylic acids is 2. The minimum absolute atomic E-state index is 0. The predicted octanol–water partition coefficient (Wildman–Crippen LogP) is 0.811. The summed E-state index contributed by atoms with van der Waals surface area (Å²) in [5, 5.41) is 17.5. The van der Waals surface area contributed by atoms with Gasteiger partial charge in [0.05, 0.1) is 5.57 Å². The quantitative estimate of drug-likeness (QED) is 0.440. The minimum Gasteiger partial charge on any atom is -0.478 e. The van der Waals surface area contributed by atoms with E-state index in [9.17, 15) is 14.4 Å². The summed E-state index contributed by atoms with van der Waals surface area (Å²) in [6, 6.07) is 0. The average Bonchev–Trinajstić information content (AvgIpc) is 2.11. The van der Waals surface area contributed by atoms with Gasteiger partial charge >= 0.3 is 17.9 Å². The Kier molecular flexibility index (Phi) is 8.35. The summed E-state index contributed by atoms with van der Waals surface area (Å²) in [4.78, 5) is 32.0. The van der Waals surface area contributed by atoms with Crippen LogP contribution in [0.2, 0.25) is 0 Å². The van der Waals surface area contributed by atoms with Crippen molar-refractivity contribution in [1.82, 2.24) is 0 Å². The van der Waals surface area contributed by atoms with Gasteiger partial charge in [-0.15, -0.1) is 0 Å². The molecule has 0 heterocycles. The van der Waals surface area contributed by atoms with Crippen LogP contribution in [-0.2, 0) is 36.2 Å². The summed E-state index contributed by atoms with van der Waals surface area (Å²) in [6.07, 6.45) is -0.801. The molecule has 0 aromatic heterocycles. The zero-order valence-corrected chi connectivity index (χ0v) is 10.9. The van der Waals surface area contributed by atoms with Crippen LogP contribution in [0.1, 0.15) is 27.2 Å². The molecular weight excluding hydrogens is 271 g/mol. The van der Waals surface area contributed by atoms with Gasteiger partial charge in [-0.3, -0.25) is 4.79 Å². The molecule has 0 aromatic rings. The fourth-order valence-electron chi connectivity index (χ4n) is 1.14. The molecular formula is C10H14MnO6. The zero-order chi connectivity index (χ0) is 12.9. The number of hydrogen-bond acceptors (Lipinski definition) is 4. The molecule has 17 heavy (non-hydrogen) atoms. The van der Waals surface area contributed by atoms with Crippen LogP contribution in [0, 0.1) is 0 Å². The fourth-order valence-corrected chi connectivity index (χ4v) is 1.14. The molecule has 0 bridgehead atoms. The van der Waals surface area contributed by atoms with Crippen molar-refractivity contribution in [3.8, 4) is 0 Å². The van der Waals surface area contributed by atoms with Crippen LogP contribution in [0.5, 0.6) is 0 Å². The number of carboxylic acids is 2. The van der Waals surface area contributed by atoms with Crippen LogP contribution in [0.25, 0.3) is 0 Å². The summed E-state index contributed by atoms with van der Waals surface area (Å²) in [6.45, 7) is 3.90. The fraction of sp³-hybridized carbons (Fsp3) is 0.500. The van der Waals surface area contributed by atoms with E-state index in [-0.39, 0.29) is 34.6 Å². The van der Waals surface area contributed by atoms with E-state index >= 15 is 0 Å². The Bertz CT molecular complexity index is 347. The largest absolute Gasteiger partial charge is 0.478 e. The Morgan fingerprint density at radius 3 is 1.88 bits per heavy atom. The number of carboxylic acid groups (broad SMARTS) is 2. The van der Waals surface area contributed by atoms with Crippen molar-refractivity contribution < 1.29 is 46.4 Å². The second-order valence-corrected chi connectivity index (χ2v) is 3.34. The third-order valence-corrected chi connectivity index (χ3v) is 1.89. The van der Waals surface area contributed by atoms with Crippen molar-refractivity contribution in [2.75, 3.05) is 0 Å². The van der Waals surface area contributed by atoms with Gasteiger partial charge in [0, 0.05) is 36.0 Å². The molecule has 1 unspecified atom stereocenters. The molecule has 97 valence electrons. The smallest absolute Gasteiger partial charge is 0.332 e. The first kappa shape index (κ1) is 18.0. The van der Waals surface area contributed by atoms with Crippen LogP contribution >= 0.6 is 0 Å². The van der Waals surface area contributed by atoms with E-state index in [0.29, 0.717) is 0 Å². The van der Waals surface area contributed by atoms with Gasteiger partial charge in [-0.05, 0) is 13.8 Å². The van der Waals surface area contributed by atoms with Gasteiger partial charge in [0.25, 0.3) is 0 Å². The molecule has 0 aliphatic rings. The van der Waals surface area contributed by atoms with E-state index in [1.807, 2.05) is 0 Å². The van der Waals surface area contributed by atoms with Gasteiger partial charge in [-0.2, -0.15) is 0 Å². The van der Waals surface area contributed by atoms with Crippen molar-refractivity contribution >= 4 is 17.9 Å². The number of carbonyl (C=O) groups excluding carboxylic acids is 1. The topological polar surface area (TPSA) is 101 Å². The second kappa shape index (κ2) is 7.86. The molecule has 1 radical (unpaired) electrons. The molecule has 0 amide bonds. The predicted molar refractivity (Wildman–Crippen MR) is 53.8 cm³/mol. The summed E-state index contributed by atoms with van der Waals surface area (Å²) >= 11 is 0. The summed E-state index contributed by atoms with van der Waals surface area (Å²) in [7, 11) is 0. The first-order valence-corrected chi connectivity index (χ1v) is 4.59. The third kappa shape index (κ3) is 6.76. The maximum absolute atomic E-state index is 10.8. The molecule has 1 atom stereocenters. The van der Waals surface area contributed by atoms with E-state index in [2.05, 4.69) is 0 Å². The molecule has 0 aliphatic carbocycles. The second-order valence-electron chi connectivity index (χ2n) is 3.34. The molecule has 0 saturated carbocycles. The molecule has 0 aliphatic heterocycles. The summed E-state index contributed by atoms with van der Waals surface area (Å²) < 4.78 is 4.73. The average molecular weight is 285 g/mol. The molecule has 0 aromatic carbocycles. The van der Waals surface area contributed by atoms with Crippen LogP contribution < -0.4 is 0 Å². The number of rotatable bonds is 5. The minimum atomic E-state index is -1.32. The van der Waals surface area contributed by atoms with Crippen molar-refractivity contribution in [2.45, 2.75) is 33.3 Å². The number of esters is 1. The molecule has 2 N–H and O–H groups in total. The van der Waals surface area contributed by atoms with Crippen molar-refractivity contribution in [3.05, 3.63) is 11.1 Å². The van der Waals surface area contributed by atoms with Gasteiger partial charge in [0.15, 0.2) is 0 Å². The molecule has 0 rings (SSSR count). The van der Waals surface area contributed by atoms with Gasteiger partial charge in [-0.25, -0.2) is 9.59 Å². The Labute approximate surface area is 109 Å². The summed E-state index contributed by atoms with van der Waals surface area (Å²) in [5.41, 5.74) is -0.521. The molecule has 7 heteroatoms. The van der Waals surface area contributed by atoms with Gasteiger partial charge in [0.1, 0.15) is 6.10 Å². The summed E-state index contributed by atoms with van der Waals surface area (Å²) in [5.74, 6) is -3.16. The first-order chi connectivity index (χ1) is 7.25. The SMILES string of the molecule is CC(=O)OC(C)CC(C(=O)O)=C(C)C(=O)O.[Mn]. The molecule has 0 spiro atoms. The number of hydrogen-bond donors (Lipinski definition) is 2. The third-order valence-electron chi connectivity index (χ3n) is 1.89. The van der Waals surface area contributed by atoms with Crippen LogP contribution in [0.4, 0.5) is 0 Å². The van der Waals surface area contributed by atoms with Crippen LogP contribution in [0.3, 0.4) is 0 Å². The standard InChI is InChI=1S/C10H14O6.Mn/c1-5(16-7(3)11)4-8(10(14)15)6(2)9(12)13;/h5H,4H2,1-3H3,(H,12,13)(H,14,15);. The van der Waals surface area contributed by atoms with Crippen LogP contribution in [-0.4, -0.2) is 34.2 Å². The van der Waals surface area contributed by atoms with E-state index in [0.717, 1.165) is 0 Å². The number of ether oxygens (including phenoxy) is 1. The molecule has 0 saturated heterocycles. The maximum Gasteiger partial charge on any atom is 0.332 e. The first-order valence-electron chi connectivity index (χ1n) is 4.59. The monoisotopic (exact) mass is 285 g/mol. The maximum atomic E-state index is 10.8. The normalized spacial score (nSPS) is 12.9. The van der Waals surface area contributed by atoms with Crippen molar-refractivity contribution in [2.24, 2.45) is 0 Å². The van der Waals surface area contributed by atoms with Crippen molar-refractivity contribution in [3.63, 3.8) is 0 Å². The Morgan fingerprint density at radius 1 is 1.12 bits per heavy atom. The Hall–Kier alpha value is -1.33. The van der Waals surface area contributed by atoms with E-state index in [4.69, 9.17) is 14.9 Å². The van der Waals surface area contributed by atoms with E-state index in [1.165, 1.54) is 20.8 Å². The van der Waals surface area contributed by atoms with E-state index in [1.54, 1.807) is 0 Å². The molecule has 6 nitrogen and oxygen atoms in total. The van der Waals surface area contributed by atoms with Crippen molar-refractivity contribution in [1.29, 1.82) is 0 Å². The van der Waals surface area contributed by atoms with E-state index < -0.39 is 24.0 Å². The number of carbonyl (C=O) groups is 3.